The molecule has 6 rings (SSSR count). The molecular weight excluding hydrogens is 504 g/mol. The van der Waals surface area contributed by atoms with Crippen LogP contribution in [0.15, 0.2) is 145 Å². The van der Waals surface area contributed by atoms with Crippen molar-refractivity contribution in [1.82, 2.24) is 0 Å². The Morgan fingerprint density at radius 3 is 2.29 bits per heavy atom. The van der Waals surface area contributed by atoms with Gasteiger partial charge in [0.25, 0.3) is 0 Å². The van der Waals surface area contributed by atoms with Gasteiger partial charge in [0, 0.05) is 11.3 Å². The molecule has 0 nitrogen and oxygen atoms in total. The number of hydrogen-bond acceptors (Lipinski definition) is 0. The van der Waals surface area contributed by atoms with Gasteiger partial charge in [0.15, 0.2) is 0 Å². The summed E-state index contributed by atoms with van der Waals surface area (Å²) in [6.07, 6.45) is 29.6. The van der Waals surface area contributed by atoms with Crippen LogP contribution in [0.4, 0.5) is 0 Å². The standard InChI is InChI=1S/C27H28.C13H14.C2H6/c1-18-12-13-20(16-18)25-21-8-4-6-10-23(21)26(24-11-7-5-9-22(24)25)27(3)15-14-19(2)17-27;1-3-8-12(9-4-2)13-10-6-5-7-11-13;1-2/h4,6-8,10-18,22,24H,5,9H2,1-3H3;3-11H,1H2,2H3;1-2H3/b;9-4-,12-8+;. The van der Waals surface area contributed by atoms with Gasteiger partial charge in [0.1, 0.15) is 0 Å². The fraction of sp³-hybridized carbons (Fsp3) is 0.286. The van der Waals surface area contributed by atoms with E-state index in [0.717, 1.165) is 0 Å². The van der Waals surface area contributed by atoms with E-state index in [0.29, 0.717) is 17.8 Å². The van der Waals surface area contributed by atoms with E-state index in [9.17, 15) is 0 Å². The van der Waals surface area contributed by atoms with Gasteiger partial charge < -0.3 is 0 Å². The van der Waals surface area contributed by atoms with Crippen molar-refractivity contribution in [3.8, 4) is 0 Å². The van der Waals surface area contributed by atoms with Gasteiger partial charge in [-0.1, -0.05) is 160 Å². The predicted molar refractivity (Wildman–Crippen MR) is 186 cm³/mol. The minimum atomic E-state index is 0.0174. The summed E-state index contributed by atoms with van der Waals surface area (Å²) in [5.41, 5.74) is 8.44. The molecule has 216 valence electrons. The molecule has 4 unspecified atom stereocenters. The lowest BCUT2D eigenvalue weighted by Gasteiger charge is -2.40. The zero-order chi connectivity index (χ0) is 30.1. The minimum absolute atomic E-state index is 0.0174. The van der Waals surface area contributed by atoms with Crippen LogP contribution < -0.4 is 10.4 Å². The van der Waals surface area contributed by atoms with Gasteiger partial charge in [-0.25, -0.2) is 0 Å². The van der Waals surface area contributed by atoms with E-state index in [4.69, 9.17) is 0 Å². The molecule has 0 saturated heterocycles. The summed E-state index contributed by atoms with van der Waals surface area (Å²) in [7, 11) is 0. The predicted octanol–water partition coefficient (Wildman–Crippen LogP) is 10.1. The highest BCUT2D eigenvalue weighted by Crippen LogP contribution is 2.49. The smallest absolute Gasteiger partial charge is 0.0267 e. The van der Waals surface area contributed by atoms with Crippen LogP contribution >= 0.6 is 0 Å². The van der Waals surface area contributed by atoms with E-state index in [1.165, 1.54) is 45.6 Å². The third-order valence-corrected chi connectivity index (χ3v) is 8.52. The Balaban J connectivity index is 0.000000229. The van der Waals surface area contributed by atoms with E-state index in [1.807, 2.05) is 57.2 Å². The molecule has 0 fully saturated rings. The molecule has 0 bridgehead atoms. The third kappa shape index (κ3) is 6.60. The maximum absolute atomic E-state index is 3.70. The van der Waals surface area contributed by atoms with E-state index >= 15 is 0 Å². The normalized spacial score (nSPS) is 25.6. The van der Waals surface area contributed by atoms with Crippen LogP contribution in [0.3, 0.4) is 0 Å². The Bertz CT molecular complexity index is 1600. The molecule has 0 N–H and O–H groups in total. The molecule has 0 heteroatoms. The Hall–Kier alpha value is -3.90. The van der Waals surface area contributed by atoms with Crippen LogP contribution in [0.5, 0.6) is 0 Å². The first-order chi connectivity index (χ1) is 20.4. The van der Waals surface area contributed by atoms with Gasteiger partial charge in [-0.2, -0.15) is 0 Å². The average Bonchev–Trinajstić information content (AvgIpc) is 3.61. The molecule has 4 atom stereocenters. The summed E-state index contributed by atoms with van der Waals surface area (Å²) < 4.78 is 0. The summed E-state index contributed by atoms with van der Waals surface area (Å²) >= 11 is 0. The topological polar surface area (TPSA) is 0 Å². The van der Waals surface area contributed by atoms with Crippen molar-refractivity contribution in [3.63, 3.8) is 0 Å². The van der Waals surface area contributed by atoms with Crippen molar-refractivity contribution in [2.75, 3.05) is 0 Å². The molecule has 42 heavy (non-hydrogen) atoms. The van der Waals surface area contributed by atoms with Crippen molar-refractivity contribution >= 4 is 16.7 Å². The van der Waals surface area contributed by atoms with Gasteiger partial charge in [-0.15, -0.1) is 0 Å². The van der Waals surface area contributed by atoms with Crippen LogP contribution in [0, 0.1) is 23.2 Å². The molecule has 4 aliphatic rings. The van der Waals surface area contributed by atoms with Crippen LogP contribution in [0.25, 0.3) is 16.7 Å². The lowest BCUT2D eigenvalue weighted by Crippen LogP contribution is -2.44. The maximum Gasteiger partial charge on any atom is 0.0267 e. The second kappa shape index (κ2) is 14.3. The van der Waals surface area contributed by atoms with Crippen LogP contribution in [0.2, 0.25) is 0 Å². The van der Waals surface area contributed by atoms with Crippen LogP contribution in [-0.4, -0.2) is 0 Å². The zero-order valence-electron chi connectivity index (χ0n) is 26.5. The highest BCUT2D eigenvalue weighted by Gasteiger charge is 2.40. The fourth-order valence-corrected chi connectivity index (χ4v) is 6.86. The Labute approximate surface area is 255 Å². The molecular formula is C42H48. The van der Waals surface area contributed by atoms with Gasteiger partial charge in [-0.05, 0) is 83.7 Å². The fourth-order valence-electron chi connectivity index (χ4n) is 6.86. The Kier molecular flexibility index (Phi) is 10.6. The van der Waals surface area contributed by atoms with E-state index < -0.39 is 0 Å². The van der Waals surface area contributed by atoms with Crippen molar-refractivity contribution in [2.45, 2.75) is 54.4 Å². The van der Waals surface area contributed by atoms with Crippen molar-refractivity contribution in [3.05, 3.63) is 161 Å². The molecule has 0 amide bonds. The molecule has 0 aliphatic heterocycles. The molecule has 0 heterocycles. The second-order valence-corrected chi connectivity index (χ2v) is 11.6. The quantitative estimate of drug-likeness (QED) is 0.256. The minimum Gasteiger partial charge on any atom is -0.0990 e. The Morgan fingerprint density at radius 2 is 1.67 bits per heavy atom. The zero-order valence-corrected chi connectivity index (χ0v) is 26.5. The lowest BCUT2D eigenvalue weighted by molar-refractivity contribution is 0.480. The van der Waals surface area contributed by atoms with Crippen LogP contribution in [0.1, 0.15) is 59.9 Å². The molecule has 4 aliphatic carbocycles. The van der Waals surface area contributed by atoms with Gasteiger partial charge >= 0.3 is 0 Å². The Morgan fingerprint density at radius 1 is 0.952 bits per heavy atom. The molecule has 0 saturated carbocycles. The van der Waals surface area contributed by atoms with Crippen molar-refractivity contribution in [2.24, 2.45) is 23.2 Å². The molecule has 2 aromatic rings. The van der Waals surface area contributed by atoms with E-state index in [2.05, 4.69) is 118 Å². The van der Waals surface area contributed by atoms with Crippen LogP contribution in [-0.2, 0) is 0 Å². The van der Waals surface area contributed by atoms with Gasteiger partial charge in [-0.3, -0.25) is 0 Å². The van der Waals surface area contributed by atoms with E-state index in [1.54, 1.807) is 11.1 Å². The molecule has 0 radical (unpaired) electrons. The SMILES string of the molecule is C=C/C=C(\C=C/C)c1ccccc1.CC.CC1=CC(C)(C2=c3ccccc3=C(C3=CC(C)C=C3)C3CCC=CC23)C=C1. The van der Waals surface area contributed by atoms with Crippen molar-refractivity contribution in [1.29, 1.82) is 0 Å². The molecule has 0 spiro atoms. The highest BCUT2D eigenvalue weighted by atomic mass is 14.4. The summed E-state index contributed by atoms with van der Waals surface area (Å²) in [6.45, 7) is 16.6. The van der Waals surface area contributed by atoms with Crippen molar-refractivity contribution < 1.29 is 0 Å². The number of benzene rings is 2. The van der Waals surface area contributed by atoms with Gasteiger partial charge in [0.2, 0.25) is 0 Å². The number of hydrogen-bond donors (Lipinski definition) is 0. The average molecular weight is 553 g/mol. The third-order valence-electron chi connectivity index (χ3n) is 8.52. The largest absolute Gasteiger partial charge is 0.0990 e. The highest BCUT2D eigenvalue weighted by molar-refractivity contribution is 5.79. The molecule has 0 aromatic heterocycles. The summed E-state index contributed by atoms with van der Waals surface area (Å²) in [5.74, 6) is 1.62. The monoisotopic (exact) mass is 552 g/mol. The van der Waals surface area contributed by atoms with Gasteiger partial charge in [0.05, 0.1) is 0 Å². The molecule has 2 aromatic carbocycles. The first kappa shape index (κ1) is 31.0. The number of allylic oxidation sites excluding steroid dienone is 15. The second-order valence-electron chi connectivity index (χ2n) is 11.6. The number of fused-ring (bicyclic) bond motifs is 2. The first-order valence-corrected chi connectivity index (χ1v) is 15.8. The van der Waals surface area contributed by atoms with E-state index in [-0.39, 0.29) is 5.41 Å². The summed E-state index contributed by atoms with van der Waals surface area (Å²) in [5, 5.41) is 2.91. The first-order valence-electron chi connectivity index (χ1n) is 15.8. The maximum atomic E-state index is 3.70. The number of rotatable bonds is 5. The summed E-state index contributed by atoms with van der Waals surface area (Å²) in [6, 6.07) is 19.4. The lowest BCUT2D eigenvalue weighted by atomic mass is 9.63. The summed E-state index contributed by atoms with van der Waals surface area (Å²) in [4.78, 5) is 0.